The summed E-state index contributed by atoms with van der Waals surface area (Å²) in [5.74, 6) is 1.91. The van der Waals surface area contributed by atoms with E-state index in [4.69, 9.17) is 4.52 Å². The van der Waals surface area contributed by atoms with E-state index in [2.05, 4.69) is 57.2 Å². The molecule has 5 rings (SSSR count). The molecule has 0 unspecified atom stereocenters. The summed E-state index contributed by atoms with van der Waals surface area (Å²) < 4.78 is 7.05. The molecule has 36 heavy (non-hydrogen) atoms. The van der Waals surface area contributed by atoms with Crippen molar-refractivity contribution >= 4 is 11.6 Å². The topological polar surface area (TPSA) is 93.2 Å². The molecule has 3 aromatic heterocycles. The van der Waals surface area contributed by atoms with Gasteiger partial charge in [0.05, 0.1) is 23.0 Å². The quantitative estimate of drug-likeness (QED) is 0.415. The van der Waals surface area contributed by atoms with Crippen molar-refractivity contribution in [2.45, 2.75) is 40.5 Å². The summed E-state index contributed by atoms with van der Waals surface area (Å²) in [6.45, 7) is 13.1. The molecule has 0 spiro atoms. The fourth-order valence-corrected chi connectivity index (χ4v) is 4.56. The molecule has 1 aliphatic heterocycles. The number of anilines is 1. The Balaban J connectivity index is 1.27. The number of piperazine rings is 1. The molecule has 4 aromatic rings. The molecule has 0 bridgehead atoms. The van der Waals surface area contributed by atoms with Crippen molar-refractivity contribution in [1.29, 1.82) is 0 Å². The molecule has 1 fully saturated rings. The molecule has 0 N–H and O–H groups in total. The fourth-order valence-electron chi connectivity index (χ4n) is 4.56. The standard InChI is InChI=1S/C27H31N7O2/c1-17(2)25-30-26(36-31-25)21-7-9-24(28-15-21)34-20(5)22(16-29-34)27(35)33-12-10-32(11-13-33)23-8-6-18(3)14-19(23)4/h6-9,14-17H,10-13H2,1-5H3. The molecule has 1 saturated heterocycles. The first kappa shape index (κ1) is 23.7. The van der Waals surface area contributed by atoms with Gasteiger partial charge in [0.25, 0.3) is 11.8 Å². The summed E-state index contributed by atoms with van der Waals surface area (Å²) >= 11 is 0. The molecular formula is C27H31N7O2. The van der Waals surface area contributed by atoms with Gasteiger partial charge in [-0.05, 0) is 44.5 Å². The van der Waals surface area contributed by atoms with Gasteiger partial charge in [-0.25, -0.2) is 9.67 Å². The van der Waals surface area contributed by atoms with Crippen LogP contribution in [-0.4, -0.2) is 61.9 Å². The van der Waals surface area contributed by atoms with Crippen molar-refractivity contribution in [3.63, 3.8) is 0 Å². The van der Waals surface area contributed by atoms with Gasteiger partial charge in [-0.1, -0.05) is 36.7 Å². The zero-order valence-corrected chi connectivity index (χ0v) is 21.4. The van der Waals surface area contributed by atoms with E-state index in [1.165, 1.54) is 16.8 Å². The lowest BCUT2D eigenvalue weighted by Crippen LogP contribution is -2.49. The maximum atomic E-state index is 13.3. The predicted molar refractivity (Wildman–Crippen MR) is 138 cm³/mol. The molecule has 4 heterocycles. The smallest absolute Gasteiger partial charge is 0.259 e. The molecule has 186 valence electrons. The number of nitrogens with zero attached hydrogens (tertiary/aromatic N) is 7. The number of carbonyl (C=O) groups excluding carboxylic acids is 1. The third kappa shape index (κ3) is 4.48. The molecule has 1 amide bonds. The highest BCUT2D eigenvalue weighted by Gasteiger charge is 2.26. The maximum Gasteiger partial charge on any atom is 0.259 e. The highest BCUT2D eigenvalue weighted by Crippen LogP contribution is 2.24. The van der Waals surface area contributed by atoms with E-state index in [1.54, 1.807) is 17.1 Å². The lowest BCUT2D eigenvalue weighted by atomic mass is 10.1. The van der Waals surface area contributed by atoms with E-state index in [0.717, 1.165) is 24.3 Å². The van der Waals surface area contributed by atoms with E-state index < -0.39 is 0 Å². The average Bonchev–Trinajstić information content (AvgIpc) is 3.51. The SMILES string of the molecule is Cc1ccc(N2CCN(C(=O)c3cnn(-c4ccc(-c5nc(C(C)C)no5)cn4)c3C)CC2)c(C)c1. The number of aromatic nitrogens is 5. The van der Waals surface area contributed by atoms with Gasteiger partial charge in [-0.15, -0.1) is 0 Å². The fraction of sp³-hybridized carbons (Fsp3) is 0.370. The van der Waals surface area contributed by atoms with Crippen LogP contribution in [0.1, 0.15) is 52.8 Å². The van der Waals surface area contributed by atoms with Crippen LogP contribution < -0.4 is 4.90 Å². The molecule has 9 heteroatoms. The summed E-state index contributed by atoms with van der Waals surface area (Å²) in [6.07, 6.45) is 3.32. The third-order valence-corrected chi connectivity index (χ3v) is 6.67. The van der Waals surface area contributed by atoms with Gasteiger partial charge >= 0.3 is 0 Å². The number of aryl methyl sites for hydroxylation is 2. The largest absolute Gasteiger partial charge is 0.368 e. The number of hydrogen-bond acceptors (Lipinski definition) is 7. The minimum atomic E-state index is 0.00252. The predicted octanol–water partition coefficient (Wildman–Crippen LogP) is 4.33. The lowest BCUT2D eigenvalue weighted by Gasteiger charge is -2.36. The van der Waals surface area contributed by atoms with Crippen molar-refractivity contribution < 1.29 is 9.32 Å². The summed E-state index contributed by atoms with van der Waals surface area (Å²) in [7, 11) is 0. The zero-order chi connectivity index (χ0) is 25.4. The monoisotopic (exact) mass is 485 g/mol. The number of carbonyl (C=O) groups is 1. The molecular weight excluding hydrogens is 454 g/mol. The lowest BCUT2D eigenvalue weighted by molar-refractivity contribution is 0.0746. The van der Waals surface area contributed by atoms with E-state index >= 15 is 0 Å². The van der Waals surface area contributed by atoms with E-state index in [0.29, 0.717) is 36.2 Å². The summed E-state index contributed by atoms with van der Waals surface area (Å²) in [5, 5.41) is 8.47. The average molecular weight is 486 g/mol. The summed E-state index contributed by atoms with van der Waals surface area (Å²) in [5.41, 5.74) is 5.87. The number of rotatable bonds is 5. The minimum Gasteiger partial charge on any atom is -0.368 e. The molecule has 0 atom stereocenters. The first-order valence-electron chi connectivity index (χ1n) is 12.3. The van der Waals surface area contributed by atoms with Crippen molar-refractivity contribution in [3.05, 3.63) is 70.9 Å². The van der Waals surface area contributed by atoms with Gasteiger partial charge in [0.1, 0.15) is 0 Å². The van der Waals surface area contributed by atoms with Gasteiger partial charge in [0.15, 0.2) is 11.6 Å². The number of amides is 1. The van der Waals surface area contributed by atoms with Crippen LogP contribution in [-0.2, 0) is 0 Å². The van der Waals surface area contributed by atoms with Crippen LogP contribution >= 0.6 is 0 Å². The van der Waals surface area contributed by atoms with Crippen LogP contribution in [0.2, 0.25) is 0 Å². The Bertz CT molecular complexity index is 1380. The Hall–Kier alpha value is -4.01. The molecule has 1 aromatic carbocycles. The van der Waals surface area contributed by atoms with Gasteiger partial charge in [-0.3, -0.25) is 4.79 Å². The van der Waals surface area contributed by atoms with Crippen LogP contribution in [0.5, 0.6) is 0 Å². The van der Waals surface area contributed by atoms with Gasteiger partial charge in [0.2, 0.25) is 0 Å². The summed E-state index contributed by atoms with van der Waals surface area (Å²) in [4.78, 5) is 26.5. The highest BCUT2D eigenvalue weighted by atomic mass is 16.5. The van der Waals surface area contributed by atoms with Crippen molar-refractivity contribution in [2.24, 2.45) is 0 Å². The Labute approximate surface area is 210 Å². The third-order valence-electron chi connectivity index (χ3n) is 6.67. The highest BCUT2D eigenvalue weighted by molar-refractivity contribution is 5.95. The first-order valence-corrected chi connectivity index (χ1v) is 12.3. The summed E-state index contributed by atoms with van der Waals surface area (Å²) in [6, 6.07) is 10.2. The van der Waals surface area contributed by atoms with Crippen LogP contribution in [0, 0.1) is 20.8 Å². The second-order valence-corrected chi connectivity index (χ2v) is 9.64. The second-order valence-electron chi connectivity index (χ2n) is 9.64. The van der Waals surface area contributed by atoms with E-state index in [9.17, 15) is 4.79 Å². The number of benzene rings is 1. The Morgan fingerprint density at radius 3 is 2.42 bits per heavy atom. The Morgan fingerprint density at radius 1 is 1.00 bits per heavy atom. The van der Waals surface area contributed by atoms with Crippen LogP contribution in [0.3, 0.4) is 0 Å². The Kier molecular flexibility index (Phi) is 6.30. The van der Waals surface area contributed by atoms with Gasteiger partial charge in [-0.2, -0.15) is 10.1 Å². The van der Waals surface area contributed by atoms with Gasteiger partial charge in [0, 0.05) is 44.0 Å². The van der Waals surface area contributed by atoms with Crippen LogP contribution in [0.15, 0.2) is 47.2 Å². The zero-order valence-electron chi connectivity index (χ0n) is 21.4. The second kappa shape index (κ2) is 9.56. The molecule has 0 radical (unpaired) electrons. The van der Waals surface area contributed by atoms with Crippen molar-refractivity contribution in [1.82, 2.24) is 29.8 Å². The molecule has 0 aliphatic carbocycles. The minimum absolute atomic E-state index is 0.00252. The van der Waals surface area contributed by atoms with Gasteiger partial charge < -0.3 is 14.3 Å². The number of pyridine rings is 1. The molecule has 0 saturated carbocycles. The van der Waals surface area contributed by atoms with Crippen LogP contribution in [0.4, 0.5) is 5.69 Å². The maximum absolute atomic E-state index is 13.3. The number of hydrogen-bond donors (Lipinski definition) is 0. The van der Waals surface area contributed by atoms with Crippen LogP contribution in [0.25, 0.3) is 17.3 Å². The van der Waals surface area contributed by atoms with Crippen molar-refractivity contribution in [3.8, 4) is 17.3 Å². The molecule has 1 aliphatic rings. The van der Waals surface area contributed by atoms with Crippen molar-refractivity contribution in [2.75, 3.05) is 31.1 Å². The Morgan fingerprint density at radius 2 is 1.78 bits per heavy atom. The molecule has 9 nitrogen and oxygen atoms in total. The van der Waals surface area contributed by atoms with E-state index in [-0.39, 0.29) is 11.8 Å². The van der Waals surface area contributed by atoms with E-state index in [1.807, 2.05) is 37.8 Å². The first-order chi connectivity index (χ1) is 17.3. The normalized spacial score (nSPS) is 14.1.